The number of anilines is 2. The topological polar surface area (TPSA) is 61.3 Å². The first-order valence-corrected chi connectivity index (χ1v) is 6.67. The maximum atomic E-state index is 9.84. The highest BCUT2D eigenvalue weighted by Gasteiger charge is 2.40. The number of aryl methyl sites for hydroxylation is 1. The average molecular weight is 248 g/mol. The SMILES string of the molecule is CNc1cc(N2C3CCC2CC(O)C3)nc(C)n1. The number of nitrogens with one attached hydrogen (secondary N) is 1. The second kappa shape index (κ2) is 4.39. The summed E-state index contributed by atoms with van der Waals surface area (Å²) in [5.41, 5.74) is 0. The molecular formula is C13H20N4O. The number of hydrogen-bond acceptors (Lipinski definition) is 5. The molecule has 0 aromatic carbocycles. The summed E-state index contributed by atoms with van der Waals surface area (Å²) in [6, 6.07) is 2.89. The van der Waals surface area contributed by atoms with Gasteiger partial charge in [-0.25, -0.2) is 9.97 Å². The van der Waals surface area contributed by atoms with E-state index < -0.39 is 0 Å². The zero-order valence-electron chi connectivity index (χ0n) is 10.9. The molecule has 18 heavy (non-hydrogen) atoms. The van der Waals surface area contributed by atoms with Crippen LogP contribution in [0.3, 0.4) is 0 Å². The molecule has 0 radical (unpaired) electrons. The Morgan fingerprint density at radius 2 is 1.94 bits per heavy atom. The van der Waals surface area contributed by atoms with Gasteiger partial charge in [0.1, 0.15) is 17.5 Å². The van der Waals surface area contributed by atoms with Crippen molar-refractivity contribution in [1.82, 2.24) is 9.97 Å². The van der Waals surface area contributed by atoms with Gasteiger partial charge in [0.2, 0.25) is 0 Å². The smallest absolute Gasteiger partial charge is 0.134 e. The fourth-order valence-electron chi connectivity index (χ4n) is 3.33. The summed E-state index contributed by atoms with van der Waals surface area (Å²) in [6.45, 7) is 1.92. The molecule has 0 amide bonds. The van der Waals surface area contributed by atoms with Crippen LogP contribution in [-0.4, -0.2) is 40.3 Å². The summed E-state index contributed by atoms with van der Waals surface area (Å²) in [6.07, 6.45) is 3.94. The number of aliphatic hydroxyl groups excluding tert-OH is 1. The predicted octanol–water partition coefficient (Wildman–Crippen LogP) is 1.32. The van der Waals surface area contributed by atoms with Gasteiger partial charge in [-0.05, 0) is 32.6 Å². The summed E-state index contributed by atoms with van der Waals surface area (Å²) in [5.74, 6) is 2.66. The normalized spacial score (nSPS) is 30.6. The molecule has 1 aromatic heterocycles. The summed E-state index contributed by atoms with van der Waals surface area (Å²) in [5, 5.41) is 12.9. The molecule has 1 aromatic rings. The van der Waals surface area contributed by atoms with E-state index in [0.717, 1.165) is 30.3 Å². The number of nitrogens with zero attached hydrogens (tertiary/aromatic N) is 3. The molecule has 0 saturated carbocycles. The van der Waals surface area contributed by atoms with E-state index >= 15 is 0 Å². The lowest BCUT2D eigenvalue weighted by Crippen LogP contribution is -2.45. The molecule has 0 spiro atoms. The Balaban J connectivity index is 1.93. The van der Waals surface area contributed by atoms with Crippen LogP contribution in [0.4, 0.5) is 11.6 Å². The Kier molecular flexibility index (Phi) is 2.86. The Hall–Kier alpha value is -1.36. The molecular weight excluding hydrogens is 228 g/mol. The average Bonchev–Trinajstić information content (AvgIpc) is 2.61. The van der Waals surface area contributed by atoms with Crippen molar-refractivity contribution in [3.63, 3.8) is 0 Å². The number of rotatable bonds is 2. The van der Waals surface area contributed by atoms with Gasteiger partial charge < -0.3 is 15.3 Å². The molecule has 2 bridgehead atoms. The summed E-state index contributed by atoms with van der Waals surface area (Å²) in [4.78, 5) is 11.3. The zero-order valence-corrected chi connectivity index (χ0v) is 10.9. The van der Waals surface area contributed by atoms with Gasteiger partial charge in [-0.15, -0.1) is 0 Å². The summed E-state index contributed by atoms with van der Waals surface area (Å²) < 4.78 is 0. The number of aliphatic hydroxyl groups is 1. The van der Waals surface area contributed by atoms with Crippen molar-refractivity contribution in [2.24, 2.45) is 0 Å². The van der Waals surface area contributed by atoms with E-state index in [1.54, 1.807) is 0 Å². The lowest BCUT2D eigenvalue weighted by atomic mass is 10.00. The molecule has 5 heteroatoms. The molecule has 2 N–H and O–H groups in total. The van der Waals surface area contributed by atoms with Crippen LogP contribution in [0.25, 0.3) is 0 Å². The quantitative estimate of drug-likeness (QED) is 0.826. The molecule has 2 aliphatic rings. The van der Waals surface area contributed by atoms with E-state index in [9.17, 15) is 5.11 Å². The molecule has 2 atom stereocenters. The first-order chi connectivity index (χ1) is 8.67. The van der Waals surface area contributed by atoms with E-state index in [-0.39, 0.29) is 6.10 Å². The minimum absolute atomic E-state index is 0.134. The van der Waals surface area contributed by atoms with Crippen LogP contribution in [0.15, 0.2) is 6.07 Å². The number of piperidine rings is 1. The number of fused-ring (bicyclic) bond motifs is 2. The van der Waals surface area contributed by atoms with Crippen LogP contribution in [0, 0.1) is 6.92 Å². The molecule has 3 heterocycles. The third-order valence-corrected chi connectivity index (χ3v) is 4.05. The molecule has 0 aliphatic carbocycles. The van der Waals surface area contributed by atoms with Crippen molar-refractivity contribution in [2.75, 3.05) is 17.3 Å². The molecule has 2 saturated heterocycles. The van der Waals surface area contributed by atoms with Crippen LogP contribution in [0.1, 0.15) is 31.5 Å². The van der Waals surface area contributed by atoms with Gasteiger partial charge in [-0.3, -0.25) is 0 Å². The standard InChI is InChI=1S/C13H20N4O/c1-8-15-12(14-2)7-13(16-8)17-9-3-4-10(17)6-11(18)5-9/h7,9-11,18H,3-6H2,1-2H3,(H,14,15,16). The second-order valence-electron chi connectivity index (χ2n) is 5.33. The maximum Gasteiger partial charge on any atom is 0.134 e. The van der Waals surface area contributed by atoms with Crippen LogP contribution in [-0.2, 0) is 0 Å². The third-order valence-electron chi connectivity index (χ3n) is 4.05. The highest BCUT2D eigenvalue weighted by Crippen LogP contribution is 2.38. The summed E-state index contributed by atoms with van der Waals surface area (Å²) >= 11 is 0. The lowest BCUT2D eigenvalue weighted by Gasteiger charge is -2.38. The van der Waals surface area contributed by atoms with Crippen molar-refractivity contribution >= 4 is 11.6 Å². The van der Waals surface area contributed by atoms with E-state index in [4.69, 9.17) is 0 Å². The Morgan fingerprint density at radius 1 is 1.28 bits per heavy atom. The molecule has 98 valence electrons. The lowest BCUT2D eigenvalue weighted by molar-refractivity contribution is 0.126. The first kappa shape index (κ1) is 11.7. The van der Waals surface area contributed by atoms with Gasteiger partial charge in [0.25, 0.3) is 0 Å². The van der Waals surface area contributed by atoms with E-state index in [0.29, 0.717) is 12.1 Å². The van der Waals surface area contributed by atoms with Crippen LogP contribution < -0.4 is 10.2 Å². The van der Waals surface area contributed by atoms with Gasteiger partial charge in [0, 0.05) is 25.2 Å². The van der Waals surface area contributed by atoms with Gasteiger partial charge in [0.05, 0.1) is 6.10 Å². The minimum Gasteiger partial charge on any atom is -0.393 e. The predicted molar refractivity (Wildman–Crippen MR) is 70.8 cm³/mol. The second-order valence-corrected chi connectivity index (χ2v) is 5.33. The molecule has 5 nitrogen and oxygen atoms in total. The third kappa shape index (κ3) is 1.92. The highest BCUT2D eigenvalue weighted by atomic mass is 16.3. The van der Waals surface area contributed by atoms with Crippen LogP contribution in [0.5, 0.6) is 0 Å². The van der Waals surface area contributed by atoms with E-state index in [1.165, 1.54) is 12.8 Å². The Bertz CT molecular complexity index is 437. The monoisotopic (exact) mass is 248 g/mol. The van der Waals surface area contributed by atoms with Crippen LogP contribution >= 0.6 is 0 Å². The zero-order chi connectivity index (χ0) is 12.7. The highest BCUT2D eigenvalue weighted by molar-refractivity contribution is 5.52. The molecule has 2 unspecified atom stereocenters. The van der Waals surface area contributed by atoms with Crippen molar-refractivity contribution < 1.29 is 5.11 Å². The van der Waals surface area contributed by atoms with E-state index in [2.05, 4.69) is 20.2 Å². The first-order valence-electron chi connectivity index (χ1n) is 6.67. The van der Waals surface area contributed by atoms with Crippen LogP contribution in [0.2, 0.25) is 0 Å². The van der Waals surface area contributed by atoms with Gasteiger partial charge in [-0.2, -0.15) is 0 Å². The number of hydrogen-bond donors (Lipinski definition) is 2. The molecule has 2 aliphatic heterocycles. The van der Waals surface area contributed by atoms with Gasteiger partial charge in [-0.1, -0.05) is 0 Å². The molecule has 2 fully saturated rings. The van der Waals surface area contributed by atoms with Crippen molar-refractivity contribution in [3.05, 3.63) is 11.9 Å². The van der Waals surface area contributed by atoms with E-state index in [1.807, 2.05) is 20.0 Å². The Morgan fingerprint density at radius 3 is 2.56 bits per heavy atom. The summed E-state index contributed by atoms with van der Waals surface area (Å²) in [7, 11) is 1.88. The van der Waals surface area contributed by atoms with Gasteiger partial charge in [0.15, 0.2) is 0 Å². The fourth-order valence-corrected chi connectivity index (χ4v) is 3.33. The maximum absolute atomic E-state index is 9.84. The van der Waals surface area contributed by atoms with Gasteiger partial charge >= 0.3 is 0 Å². The minimum atomic E-state index is -0.134. The Labute approximate surface area is 107 Å². The van der Waals surface area contributed by atoms with Crippen molar-refractivity contribution in [3.8, 4) is 0 Å². The largest absolute Gasteiger partial charge is 0.393 e. The van der Waals surface area contributed by atoms with Crippen molar-refractivity contribution in [1.29, 1.82) is 0 Å². The van der Waals surface area contributed by atoms with Crippen molar-refractivity contribution in [2.45, 2.75) is 50.8 Å². The molecule has 3 rings (SSSR count). The fraction of sp³-hybridized carbons (Fsp3) is 0.692. The number of aromatic nitrogens is 2.